The molecule has 0 fully saturated rings. The van der Waals surface area contributed by atoms with Gasteiger partial charge in [0.1, 0.15) is 11.0 Å². The summed E-state index contributed by atoms with van der Waals surface area (Å²) in [6.45, 7) is 0.560. The normalized spacial score (nSPS) is 10.7. The van der Waals surface area contributed by atoms with E-state index in [0.29, 0.717) is 18.1 Å². The fourth-order valence-electron chi connectivity index (χ4n) is 1.68. The van der Waals surface area contributed by atoms with Gasteiger partial charge in [-0.1, -0.05) is 41.9 Å². The molecule has 0 aliphatic carbocycles. The zero-order valence-electron chi connectivity index (χ0n) is 9.15. The molecular weight excluding hydrogens is 222 g/mol. The molecule has 0 radical (unpaired) electrons. The number of hydrogen-bond acceptors (Lipinski definition) is 2. The van der Waals surface area contributed by atoms with E-state index in [1.165, 1.54) is 0 Å². The Hall–Kier alpha value is -1.32. The number of benzene rings is 1. The summed E-state index contributed by atoms with van der Waals surface area (Å²) in [6.07, 6.45) is 0.708. The van der Waals surface area contributed by atoms with E-state index < -0.39 is 0 Å². The van der Waals surface area contributed by atoms with Gasteiger partial charge >= 0.3 is 0 Å². The molecule has 0 aliphatic rings. The lowest BCUT2D eigenvalue weighted by Gasteiger charge is -2.01. The van der Waals surface area contributed by atoms with Gasteiger partial charge in [0.25, 0.3) is 0 Å². The van der Waals surface area contributed by atoms with Crippen LogP contribution in [0.5, 0.6) is 0 Å². The molecule has 1 heterocycles. The Kier molecular flexibility index (Phi) is 3.27. The molecule has 2 N–H and O–H groups in total. The number of hydrogen-bond donors (Lipinski definition) is 1. The van der Waals surface area contributed by atoms with Gasteiger partial charge in [-0.05, 0) is 6.54 Å². The second kappa shape index (κ2) is 4.68. The third-order valence-corrected chi connectivity index (χ3v) is 2.98. The zero-order valence-corrected chi connectivity index (χ0v) is 9.91. The number of imidazole rings is 1. The molecule has 3 nitrogen and oxygen atoms in total. The van der Waals surface area contributed by atoms with Crippen molar-refractivity contribution in [3.63, 3.8) is 0 Å². The quantitative estimate of drug-likeness (QED) is 0.887. The standard InChI is InChI=1S/C12H14ClN3/c1-16-11(13)10(7-8-14)15-12(16)9-5-3-2-4-6-9/h2-6H,7-8,14H2,1H3. The summed E-state index contributed by atoms with van der Waals surface area (Å²) < 4.78 is 1.89. The monoisotopic (exact) mass is 235 g/mol. The van der Waals surface area contributed by atoms with Crippen LogP contribution in [0.4, 0.5) is 0 Å². The Morgan fingerprint density at radius 2 is 2.00 bits per heavy atom. The van der Waals surface area contributed by atoms with E-state index in [2.05, 4.69) is 4.98 Å². The lowest BCUT2D eigenvalue weighted by atomic mass is 10.2. The minimum absolute atomic E-state index is 0.560. The smallest absolute Gasteiger partial charge is 0.141 e. The predicted octanol–water partition coefficient (Wildman–Crippen LogP) is 2.24. The molecule has 0 aliphatic heterocycles. The maximum absolute atomic E-state index is 6.19. The molecule has 0 amide bonds. The first-order chi connectivity index (χ1) is 7.74. The molecular formula is C12H14ClN3. The second-order valence-electron chi connectivity index (χ2n) is 3.64. The Bertz CT molecular complexity index is 477. The van der Waals surface area contributed by atoms with Gasteiger partial charge in [0.15, 0.2) is 0 Å². The van der Waals surface area contributed by atoms with E-state index >= 15 is 0 Å². The summed E-state index contributed by atoms with van der Waals surface area (Å²) >= 11 is 6.19. The Balaban J connectivity index is 2.46. The highest BCUT2D eigenvalue weighted by molar-refractivity contribution is 6.30. The van der Waals surface area contributed by atoms with Crippen LogP contribution in [0.25, 0.3) is 11.4 Å². The number of halogens is 1. The Morgan fingerprint density at radius 1 is 1.31 bits per heavy atom. The molecule has 16 heavy (non-hydrogen) atoms. The molecule has 2 aromatic rings. The first kappa shape index (κ1) is 11.2. The van der Waals surface area contributed by atoms with Crippen LogP contribution in [0.2, 0.25) is 5.15 Å². The molecule has 4 heteroatoms. The zero-order chi connectivity index (χ0) is 11.5. The fourth-order valence-corrected chi connectivity index (χ4v) is 1.89. The van der Waals surface area contributed by atoms with Crippen LogP contribution >= 0.6 is 11.6 Å². The van der Waals surface area contributed by atoms with Crippen molar-refractivity contribution in [2.75, 3.05) is 6.54 Å². The van der Waals surface area contributed by atoms with E-state index in [9.17, 15) is 0 Å². The first-order valence-corrected chi connectivity index (χ1v) is 5.58. The van der Waals surface area contributed by atoms with Crippen molar-refractivity contribution in [2.45, 2.75) is 6.42 Å². The van der Waals surface area contributed by atoms with Gasteiger partial charge < -0.3 is 10.3 Å². The van der Waals surface area contributed by atoms with E-state index in [1.54, 1.807) is 0 Å². The SMILES string of the molecule is Cn1c(-c2ccccc2)nc(CCN)c1Cl. The summed E-state index contributed by atoms with van der Waals surface area (Å²) in [5.74, 6) is 0.883. The van der Waals surface area contributed by atoms with Crippen molar-refractivity contribution in [1.82, 2.24) is 9.55 Å². The topological polar surface area (TPSA) is 43.8 Å². The van der Waals surface area contributed by atoms with Gasteiger partial charge in [-0.3, -0.25) is 0 Å². The number of nitrogens with zero attached hydrogens (tertiary/aromatic N) is 2. The van der Waals surface area contributed by atoms with Crippen LogP contribution in [-0.2, 0) is 13.5 Å². The lowest BCUT2D eigenvalue weighted by Crippen LogP contribution is -2.03. The van der Waals surface area contributed by atoms with E-state index in [0.717, 1.165) is 17.1 Å². The van der Waals surface area contributed by atoms with Crippen molar-refractivity contribution in [3.05, 3.63) is 41.2 Å². The molecule has 0 unspecified atom stereocenters. The molecule has 1 aromatic heterocycles. The lowest BCUT2D eigenvalue weighted by molar-refractivity contribution is 0.913. The van der Waals surface area contributed by atoms with Crippen molar-refractivity contribution < 1.29 is 0 Å². The van der Waals surface area contributed by atoms with Gasteiger partial charge in [-0.15, -0.1) is 0 Å². The molecule has 1 aromatic carbocycles. The molecule has 0 bridgehead atoms. The van der Waals surface area contributed by atoms with Crippen LogP contribution < -0.4 is 5.73 Å². The van der Waals surface area contributed by atoms with E-state index in [4.69, 9.17) is 17.3 Å². The van der Waals surface area contributed by atoms with E-state index in [1.807, 2.05) is 41.9 Å². The molecule has 0 saturated carbocycles. The highest BCUT2D eigenvalue weighted by Gasteiger charge is 2.12. The summed E-state index contributed by atoms with van der Waals surface area (Å²) in [7, 11) is 1.91. The van der Waals surface area contributed by atoms with Gasteiger partial charge in [-0.25, -0.2) is 4.98 Å². The van der Waals surface area contributed by atoms with Crippen molar-refractivity contribution in [3.8, 4) is 11.4 Å². The van der Waals surface area contributed by atoms with Crippen LogP contribution in [0.1, 0.15) is 5.69 Å². The Morgan fingerprint density at radius 3 is 2.62 bits per heavy atom. The third kappa shape index (κ3) is 1.96. The highest BCUT2D eigenvalue weighted by Crippen LogP contribution is 2.24. The summed E-state index contributed by atoms with van der Waals surface area (Å²) in [6, 6.07) is 9.99. The third-order valence-electron chi connectivity index (χ3n) is 2.50. The summed E-state index contributed by atoms with van der Waals surface area (Å²) in [5.41, 5.74) is 7.45. The van der Waals surface area contributed by atoms with Gasteiger partial charge in [-0.2, -0.15) is 0 Å². The number of rotatable bonds is 3. The maximum atomic E-state index is 6.19. The minimum atomic E-state index is 0.560. The summed E-state index contributed by atoms with van der Waals surface area (Å²) in [4.78, 5) is 4.52. The average molecular weight is 236 g/mol. The largest absolute Gasteiger partial charge is 0.330 e. The van der Waals surface area contributed by atoms with Gasteiger partial charge in [0.2, 0.25) is 0 Å². The van der Waals surface area contributed by atoms with Crippen molar-refractivity contribution >= 4 is 11.6 Å². The average Bonchev–Trinajstić information content (AvgIpc) is 2.59. The van der Waals surface area contributed by atoms with Crippen LogP contribution in [0.3, 0.4) is 0 Å². The molecule has 0 spiro atoms. The van der Waals surface area contributed by atoms with Gasteiger partial charge in [0.05, 0.1) is 5.69 Å². The highest BCUT2D eigenvalue weighted by atomic mass is 35.5. The van der Waals surface area contributed by atoms with Crippen molar-refractivity contribution in [2.24, 2.45) is 12.8 Å². The minimum Gasteiger partial charge on any atom is -0.330 e. The number of nitrogens with two attached hydrogens (primary N) is 1. The van der Waals surface area contributed by atoms with Crippen molar-refractivity contribution in [1.29, 1.82) is 0 Å². The maximum Gasteiger partial charge on any atom is 0.141 e. The van der Waals surface area contributed by atoms with Crippen LogP contribution in [0, 0.1) is 0 Å². The molecule has 2 rings (SSSR count). The summed E-state index contributed by atoms with van der Waals surface area (Å²) in [5, 5.41) is 0.671. The molecule has 84 valence electrons. The Labute approximate surface area is 99.9 Å². The predicted molar refractivity (Wildman–Crippen MR) is 66.4 cm³/mol. The van der Waals surface area contributed by atoms with Gasteiger partial charge in [0, 0.05) is 19.0 Å². The fraction of sp³-hybridized carbons (Fsp3) is 0.250. The number of aromatic nitrogens is 2. The van der Waals surface area contributed by atoms with Crippen LogP contribution in [-0.4, -0.2) is 16.1 Å². The first-order valence-electron chi connectivity index (χ1n) is 5.20. The van der Waals surface area contributed by atoms with Crippen LogP contribution in [0.15, 0.2) is 30.3 Å². The molecule has 0 atom stereocenters. The second-order valence-corrected chi connectivity index (χ2v) is 3.99. The van der Waals surface area contributed by atoms with E-state index in [-0.39, 0.29) is 0 Å². The molecule has 0 saturated heterocycles.